The van der Waals surface area contributed by atoms with Crippen molar-refractivity contribution in [3.63, 3.8) is 0 Å². The molecule has 76 valence electrons. The normalized spacial score (nSPS) is 54.5. The molecule has 1 aliphatic heterocycles. The van der Waals surface area contributed by atoms with Crippen molar-refractivity contribution in [2.75, 3.05) is 13.2 Å². The van der Waals surface area contributed by atoms with Gasteiger partial charge in [0.15, 0.2) is 0 Å². The molecule has 0 aromatic heterocycles. The summed E-state index contributed by atoms with van der Waals surface area (Å²) in [5.74, 6) is 1.16. The summed E-state index contributed by atoms with van der Waals surface area (Å²) in [5, 5.41) is 18.5. The topological polar surface area (TPSA) is 49.7 Å². The molecule has 0 aromatic carbocycles. The molecule has 2 unspecified atom stereocenters. The average Bonchev–Trinajstić information content (AvgIpc) is 2.33. The van der Waals surface area contributed by atoms with Gasteiger partial charge in [-0.25, -0.2) is 0 Å². The molecule has 1 saturated heterocycles. The lowest BCUT2D eigenvalue weighted by Crippen LogP contribution is -2.55. The predicted octanol–water partition coefficient (Wildman–Crippen LogP) is 0.401. The fraction of sp³-hybridized carbons (Fsp3) is 1.00. The van der Waals surface area contributed by atoms with E-state index < -0.39 is 0 Å². The largest absolute Gasteiger partial charge is 0.396 e. The number of aliphatic hydroxyl groups excluding tert-OH is 2. The van der Waals surface area contributed by atoms with Crippen molar-refractivity contribution in [2.45, 2.75) is 32.0 Å². The highest BCUT2D eigenvalue weighted by atomic mass is 16.5. The Morgan fingerprint density at radius 2 is 2.08 bits per heavy atom. The molecule has 3 nitrogen and oxygen atoms in total. The minimum absolute atomic E-state index is 0.0899. The van der Waals surface area contributed by atoms with Crippen molar-refractivity contribution in [3.05, 3.63) is 0 Å². The van der Waals surface area contributed by atoms with E-state index in [9.17, 15) is 10.2 Å². The smallest absolute Gasteiger partial charge is 0.0953 e. The Balaban J connectivity index is 2.18. The third-order valence-corrected chi connectivity index (χ3v) is 3.85. The van der Waals surface area contributed by atoms with Gasteiger partial charge in [0.1, 0.15) is 0 Å². The highest BCUT2D eigenvalue weighted by molar-refractivity contribution is 5.10. The van der Waals surface area contributed by atoms with E-state index in [1.54, 1.807) is 0 Å². The highest BCUT2D eigenvalue weighted by Crippen LogP contribution is 2.56. The molecule has 2 rings (SSSR count). The molecule has 2 aliphatic rings. The molecule has 1 aliphatic carbocycles. The van der Waals surface area contributed by atoms with E-state index in [4.69, 9.17) is 4.74 Å². The van der Waals surface area contributed by atoms with E-state index in [1.165, 1.54) is 0 Å². The van der Waals surface area contributed by atoms with Crippen LogP contribution in [0.25, 0.3) is 0 Å². The van der Waals surface area contributed by atoms with Gasteiger partial charge in [-0.3, -0.25) is 0 Å². The molecule has 3 heteroatoms. The predicted molar refractivity (Wildman–Crippen MR) is 48.2 cm³/mol. The lowest BCUT2D eigenvalue weighted by Gasteiger charge is -2.49. The molecule has 0 bridgehead atoms. The van der Waals surface area contributed by atoms with Crippen LogP contribution >= 0.6 is 0 Å². The maximum absolute atomic E-state index is 9.29. The lowest BCUT2D eigenvalue weighted by atomic mass is 9.59. The van der Waals surface area contributed by atoms with Crippen LogP contribution in [0, 0.1) is 17.8 Å². The summed E-state index contributed by atoms with van der Waals surface area (Å²) in [6.45, 7) is 4.44. The standard InChI is InChI=1S/C10H18O3/c1-6-3-10(5-12)9(6)8(4-11)7(2)13-10/h6-9,11-12H,3-5H2,1-2H3/t6?,7-,8?,9-,10-/m1/s1. The maximum Gasteiger partial charge on any atom is 0.0953 e. The monoisotopic (exact) mass is 186 g/mol. The van der Waals surface area contributed by atoms with Gasteiger partial charge in [-0.05, 0) is 19.3 Å². The van der Waals surface area contributed by atoms with E-state index >= 15 is 0 Å². The molecule has 1 heterocycles. The van der Waals surface area contributed by atoms with E-state index in [1.807, 2.05) is 6.92 Å². The summed E-state index contributed by atoms with van der Waals surface area (Å²) in [6.07, 6.45) is 1.03. The Morgan fingerprint density at radius 3 is 2.54 bits per heavy atom. The minimum Gasteiger partial charge on any atom is -0.396 e. The van der Waals surface area contributed by atoms with Gasteiger partial charge in [0.25, 0.3) is 0 Å². The zero-order valence-corrected chi connectivity index (χ0v) is 8.23. The first-order valence-corrected chi connectivity index (χ1v) is 5.04. The van der Waals surface area contributed by atoms with Gasteiger partial charge >= 0.3 is 0 Å². The van der Waals surface area contributed by atoms with Crippen LogP contribution in [-0.2, 0) is 4.74 Å². The molecule has 2 fully saturated rings. The first-order valence-electron chi connectivity index (χ1n) is 5.04. The molecule has 13 heavy (non-hydrogen) atoms. The number of fused-ring (bicyclic) bond motifs is 1. The number of rotatable bonds is 2. The van der Waals surface area contributed by atoms with Gasteiger partial charge in [0.2, 0.25) is 0 Å². The van der Waals surface area contributed by atoms with Gasteiger partial charge in [0, 0.05) is 18.4 Å². The Bertz CT molecular complexity index is 206. The second-order valence-corrected chi connectivity index (χ2v) is 4.60. The third-order valence-electron chi connectivity index (χ3n) is 3.85. The molecule has 0 amide bonds. The first kappa shape index (κ1) is 9.44. The third kappa shape index (κ3) is 1.07. The van der Waals surface area contributed by atoms with Crippen molar-refractivity contribution < 1.29 is 14.9 Å². The van der Waals surface area contributed by atoms with Crippen LogP contribution in [0.2, 0.25) is 0 Å². The summed E-state index contributed by atoms with van der Waals surface area (Å²) < 4.78 is 5.76. The molecular formula is C10H18O3. The molecule has 1 saturated carbocycles. The molecule has 0 spiro atoms. The van der Waals surface area contributed by atoms with Gasteiger partial charge < -0.3 is 14.9 Å². The van der Waals surface area contributed by atoms with Crippen molar-refractivity contribution >= 4 is 0 Å². The first-order chi connectivity index (χ1) is 6.14. The van der Waals surface area contributed by atoms with E-state index in [0.717, 1.165) is 6.42 Å². The zero-order valence-electron chi connectivity index (χ0n) is 8.23. The molecule has 0 radical (unpaired) electrons. The summed E-state index contributed by atoms with van der Waals surface area (Å²) in [6, 6.07) is 0. The zero-order chi connectivity index (χ0) is 9.64. The summed E-state index contributed by atoms with van der Waals surface area (Å²) in [7, 11) is 0. The van der Waals surface area contributed by atoms with E-state index in [0.29, 0.717) is 11.8 Å². The minimum atomic E-state index is -0.313. The fourth-order valence-electron chi connectivity index (χ4n) is 3.32. The SMILES string of the molecule is CC1C[C@]2(CO)O[C@H](C)C(CO)[C@@H]12. The average molecular weight is 186 g/mol. The number of aliphatic hydroxyl groups is 2. The van der Waals surface area contributed by atoms with Crippen molar-refractivity contribution in [1.29, 1.82) is 0 Å². The lowest BCUT2D eigenvalue weighted by molar-refractivity contribution is -0.156. The molecular weight excluding hydrogens is 168 g/mol. The second kappa shape index (κ2) is 2.94. The van der Waals surface area contributed by atoms with Crippen LogP contribution in [0.5, 0.6) is 0 Å². The van der Waals surface area contributed by atoms with Gasteiger partial charge in [-0.15, -0.1) is 0 Å². The van der Waals surface area contributed by atoms with Crippen LogP contribution in [0.1, 0.15) is 20.3 Å². The summed E-state index contributed by atoms with van der Waals surface area (Å²) >= 11 is 0. The van der Waals surface area contributed by atoms with Crippen molar-refractivity contribution in [3.8, 4) is 0 Å². The highest BCUT2D eigenvalue weighted by Gasteiger charge is 2.62. The Kier molecular flexibility index (Phi) is 2.13. The van der Waals surface area contributed by atoms with Gasteiger partial charge in [-0.1, -0.05) is 6.92 Å². The second-order valence-electron chi connectivity index (χ2n) is 4.60. The van der Waals surface area contributed by atoms with Crippen molar-refractivity contribution in [1.82, 2.24) is 0 Å². The maximum atomic E-state index is 9.29. The van der Waals surface area contributed by atoms with Crippen LogP contribution in [0.4, 0.5) is 0 Å². The van der Waals surface area contributed by atoms with E-state index in [-0.39, 0.29) is 30.8 Å². The Labute approximate surface area is 78.7 Å². The number of hydrogen-bond donors (Lipinski definition) is 2. The Morgan fingerprint density at radius 1 is 1.38 bits per heavy atom. The van der Waals surface area contributed by atoms with Crippen LogP contribution in [-0.4, -0.2) is 35.1 Å². The quantitative estimate of drug-likeness (QED) is 0.656. The number of hydrogen-bond acceptors (Lipinski definition) is 3. The van der Waals surface area contributed by atoms with E-state index in [2.05, 4.69) is 6.92 Å². The Hall–Kier alpha value is -0.120. The molecule has 2 N–H and O–H groups in total. The summed E-state index contributed by atoms with van der Waals surface area (Å²) in [4.78, 5) is 0. The van der Waals surface area contributed by atoms with Crippen LogP contribution in [0.3, 0.4) is 0 Å². The fourth-order valence-corrected chi connectivity index (χ4v) is 3.32. The summed E-state index contributed by atoms with van der Waals surface area (Å²) in [5.41, 5.74) is -0.313. The molecule has 0 aromatic rings. The number of ether oxygens (including phenoxy) is 1. The van der Waals surface area contributed by atoms with Crippen molar-refractivity contribution in [2.24, 2.45) is 17.8 Å². The van der Waals surface area contributed by atoms with Crippen LogP contribution in [0.15, 0.2) is 0 Å². The van der Waals surface area contributed by atoms with Crippen LogP contribution < -0.4 is 0 Å². The van der Waals surface area contributed by atoms with Gasteiger partial charge in [0.05, 0.1) is 18.3 Å². The molecule has 5 atom stereocenters. The van der Waals surface area contributed by atoms with Gasteiger partial charge in [-0.2, -0.15) is 0 Å².